The first-order valence-corrected chi connectivity index (χ1v) is 6.93. The van der Waals surface area contributed by atoms with E-state index in [1.807, 2.05) is 0 Å². The summed E-state index contributed by atoms with van der Waals surface area (Å²) in [4.78, 5) is 1.32. The summed E-state index contributed by atoms with van der Waals surface area (Å²) in [6.07, 6.45) is 6.37. The Morgan fingerprint density at radius 2 is 2.25 bits per heavy atom. The summed E-state index contributed by atoms with van der Waals surface area (Å²) in [7, 11) is 0. The van der Waals surface area contributed by atoms with Crippen LogP contribution < -0.4 is 5.32 Å². The lowest BCUT2D eigenvalue weighted by atomic mass is 9.84. The van der Waals surface area contributed by atoms with Gasteiger partial charge in [0.2, 0.25) is 0 Å². The first-order chi connectivity index (χ1) is 7.90. The monoisotopic (exact) mass is 234 g/mol. The third-order valence-corrected chi connectivity index (χ3v) is 4.21. The molecule has 0 aromatic carbocycles. The molecule has 0 spiro atoms. The number of rotatable bonds is 4. The largest absolute Gasteiger partial charge is 0.297 e. The molecular weight excluding hydrogens is 216 g/mol. The van der Waals surface area contributed by atoms with Crippen molar-refractivity contribution in [1.82, 2.24) is 5.32 Å². The van der Waals surface area contributed by atoms with Gasteiger partial charge in [-0.2, -0.15) is 5.26 Å². The smallest absolute Gasteiger partial charge is 0.0984 e. The Bertz CT molecular complexity index is 333. The van der Waals surface area contributed by atoms with E-state index in [9.17, 15) is 5.26 Å². The van der Waals surface area contributed by atoms with Gasteiger partial charge < -0.3 is 0 Å². The number of hydrogen-bond donors (Lipinski definition) is 1. The zero-order valence-corrected chi connectivity index (χ0v) is 10.3. The number of hydrogen-bond acceptors (Lipinski definition) is 3. The molecule has 0 aliphatic heterocycles. The molecule has 0 radical (unpaired) electrons. The van der Waals surface area contributed by atoms with Gasteiger partial charge in [-0.3, -0.25) is 5.32 Å². The second-order valence-corrected chi connectivity index (χ2v) is 5.50. The normalized spacial score (nSPS) is 19.2. The van der Waals surface area contributed by atoms with Crippen LogP contribution in [0.4, 0.5) is 0 Å². The van der Waals surface area contributed by atoms with Crippen LogP contribution in [0.2, 0.25) is 0 Å². The Labute approximate surface area is 101 Å². The number of nitrogens with one attached hydrogen (secondary N) is 1. The molecule has 1 fully saturated rings. The van der Waals surface area contributed by atoms with E-state index < -0.39 is 0 Å². The van der Waals surface area contributed by atoms with Crippen molar-refractivity contribution >= 4 is 11.3 Å². The van der Waals surface area contributed by atoms with Crippen molar-refractivity contribution in [2.45, 2.75) is 44.7 Å². The molecule has 1 N–H and O–H groups in total. The predicted molar refractivity (Wildman–Crippen MR) is 67.1 cm³/mol. The Kier molecular flexibility index (Phi) is 4.38. The van der Waals surface area contributed by atoms with Crippen LogP contribution in [0.25, 0.3) is 0 Å². The molecule has 1 aromatic heterocycles. The van der Waals surface area contributed by atoms with Crippen molar-refractivity contribution in [3.63, 3.8) is 0 Å². The zero-order chi connectivity index (χ0) is 11.2. The minimum absolute atomic E-state index is 0.0439. The van der Waals surface area contributed by atoms with Gasteiger partial charge in [-0.05, 0) is 30.2 Å². The maximum absolute atomic E-state index is 9.20. The summed E-state index contributed by atoms with van der Waals surface area (Å²) < 4.78 is 0. The molecule has 0 saturated heterocycles. The van der Waals surface area contributed by atoms with E-state index in [1.165, 1.54) is 37.0 Å². The van der Waals surface area contributed by atoms with Crippen molar-refractivity contribution in [1.29, 1.82) is 5.26 Å². The van der Waals surface area contributed by atoms with Crippen LogP contribution in [0.5, 0.6) is 0 Å². The topological polar surface area (TPSA) is 35.8 Å². The van der Waals surface area contributed by atoms with Crippen LogP contribution in [0.1, 0.15) is 37.0 Å². The third-order valence-electron chi connectivity index (χ3n) is 3.34. The molecule has 1 aliphatic rings. The lowest BCUT2D eigenvalue weighted by Crippen LogP contribution is -2.35. The van der Waals surface area contributed by atoms with Crippen molar-refractivity contribution in [2.75, 3.05) is 0 Å². The fourth-order valence-electron chi connectivity index (χ4n) is 2.41. The van der Waals surface area contributed by atoms with Gasteiger partial charge in [0.25, 0.3) is 0 Å². The SMILES string of the molecule is N#CC(NCc1cccs1)C1CCCCC1. The predicted octanol–water partition coefficient (Wildman–Crippen LogP) is 3.31. The van der Waals surface area contributed by atoms with Gasteiger partial charge in [0.15, 0.2) is 0 Å². The van der Waals surface area contributed by atoms with E-state index in [2.05, 4.69) is 28.9 Å². The van der Waals surface area contributed by atoms with E-state index in [1.54, 1.807) is 11.3 Å². The highest BCUT2D eigenvalue weighted by Crippen LogP contribution is 2.26. The number of thiophene rings is 1. The van der Waals surface area contributed by atoms with Gasteiger partial charge >= 0.3 is 0 Å². The Morgan fingerprint density at radius 3 is 2.88 bits per heavy atom. The van der Waals surface area contributed by atoms with Crippen LogP contribution in [0.3, 0.4) is 0 Å². The first kappa shape index (κ1) is 11.6. The fraction of sp³-hybridized carbons (Fsp3) is 0.615. The van der Waals surface area contributed by atoms with Gasteiger partial charge in [-0.25, -0.2) is 0 Å². The standard InChI is InChI=1S/C13H18N2S/c14-9-13(11-5-2-1-3-6-11)15-10-12-7-4-8-16-12/h4,7-8,11,13,15H,1-3,5-6,10H2. The van der Waals surface area contributed by atoms with Crippen LogP contribution in [-0.4, -0.2) is 6.04 Å². The molecule has 1 unspecified atom stereocenters. The van der Waals surface area contributed by atoms with Gasteiger partial charge in [0.05, 0.1) is 12.1 Å². The van der Waals surface area contributed by atoms with Crippen molar-refractivity contribution < 1.29 is 0 Å². The van der Waals surface area contributed by atoms with E-state index >= 15 is 0 Å². The van der Waals surface area contributed by atoms with Crippen molar-refractivity contribution in [3.05, 3.63) is 22.4 Å². The van der Waals surface area contributed by atoms with Crippen molar-refractivity contribution in [2.24, 2.45) is 5.92 Å². The van der Waals surface area contributed by atoms with Gasteiger partial charge in [0, 0.05) is 11.4 Å². The second-order valence-electron chi connectivity index (χ2n) is 4.47. The molecule has 1 heterocycles. The minimum atomic E-state index is 0.0439. The lowest BCUT2D eigenvalue weighted by molar-refractivity contribution is 0.304. The first-order valence-electron chi connectivity index (χ1n) is 6.05. The second kappa shape index (κ2) is 6.03. The lowest BCUT2D eigenvalue weighted by Gasteiger charge is -2.26. The Hall–Kier alpha value is -0.850. The van der Waals surface area contributed by atoms with E-state index in [4.69, 9.17) is 0 Å². The number of nitriles is 1. The molecule has 1 saturated carbocycles. The quantitative estimate of drug-likeness (QED) is 0.867. The maximum atomic E-state index is 9.20. The zero-order valence-electron chi connectivity index (χ0n) is 9.48. The molecular formula is C13H18N2S. The molecule has 0 amide bonds. The third kappa shape index (κ3) is 3.07. The van der Waals surface area contributed by atoms with E-state index in [0.29, 0.717) is 5.92 Å². The molecule has 16 heavy (non-hydrogen) atoms. The summed E-state index contributed by atoms with van der Waals surface area (Å²) in [5.41, 5.74) is 0. The molecule has 86 valence electrons. The molecule has 2 nitrogen and oxygen atoms in total. The van der Waals surface area contributed by atoms with Gasteiger partial charge in [0.1, 0.15) is 0 Å². The van der Waals surface area contributed by atoms with Crippen LogP contribution in [-0.2, 0) is 6.54 Å². The average Bonchev–Trinajstić information content (AvgIpc) is 2.84. The minimum Gasteiger partial charge on any atom is -0.297 e. The van der Waals surface area contributed by atoms with Gasteiger partial charge in [-0.15, -0.1) is 11.3 Å². The van der Waals surface area contributed by atoms with Gasteiger partial charge in [-0.1, -0.05) is 25.3 Å². The van der Waals surface area contributed by atoms with Crippen molar-refractivity contribution in [3.8, 4) is 6.07 Å². The Morgan fingerprint density at radius 1 is 1.44 bits per heavy atom. The van der Waals surface area contributed by atoms with Crippen LogP contribution >= 0.6 is 11.3 Å². The molecule has 1 atom stereocenters. The molecule has 2 rings (SSSR count). The molecule has 1 aromatic rings. The van der Waals surface area contributed by atoms with E-state index in [0.717, 1.165) is 6.54 Å². The average molecular weight is 234 g/mol. The summed E-state index contributed by atoms with van der Waals surface area (Å²) in [6.45, 7) is 0.840. The van der Waals surface area contributed by atoms with Crippen LogP contribution in [0, 0.1) is 17.2 Å². The molecule has 0 bridgehead atoms. The maximum Gasteiger partial charge on any atom is 0.0984 e. The Balaban J connectivity index is 1.83. The molecule has 1 aliphatic carbocycles. The fourth-order valence-corrected chi connectivity index (χ4v) is 3.06. The highest BCUT2D eigenvalue weighted by molar-refractivity contribution is 7.09. The van der Waals surface area contributed by atoms with Crippen LogP contribution in [0.15, 0.2) is 17.5 Å². The highest BCUT2D eigenvalue weighted by Gasteiger charge is 2.22. The van der Waals surface area contributed by atoms with E-state index in [-0.39, 0.29) is 6.04 Å². The molecule has 3 heteroatoms. The summed E-state index contributed by atoms with van der Waals surface area (Å²) in [5.74, 6) is 0.568. The highest BCUT2D eigenvalue weighted by atomic mass is 32.1. The summed E-state index contributed by atoms with van der Waals surface area (Å²) in [5, 5.41) is 14.7. The summed E-state index contributed by atoms with van der Waals surface area (Å²) in [6, 6.07) is 6.65. The number of nitrogens with zero attached hydrogens (tertiary/aromatic N) is 1. The summed E-state index contributed by atoms with van der Waals surface area (Å²) >= 11 is 1.75.